The van der Waals surface area contributed by atoms with Crippen LogP contribution in [0.25, 0.3) is 0 Å². The van der Waals surface area contributed by atoms with Crippen LogP contribution in [-0.2, 0) is 6.42 Å². The van der Waals surface area contributed by atoms with Crippen molar-refractivity contribution in [2.24, 2.45) is 0 Å². The molecule has 2 rings (SSSR count). The number of rotatable bonds is 5. The molecule has 106 valence electrons. The number of hydrogen-bond acceptors (Lipinski definition) is 1. The van der Waals surface area contributed by atoms with E-state index in [0.29, 0.717) is 0 Å². The molecule has 1 nitrogen and oxygen atoms in total. The van der Waals surface area contributed by atoms with Gasteiger partial charge in [0.2, 0.25) is 0 Å². The summed E-state index contributed by atoms with van der Waals surface area (Å²) in [4.78, 5) is 0. The first-order valence-electron chi connectivity index (χ1n) is 6.54. The van der Waals surface area contributed by atoms with Crippen LogP contribution < -0.4 is 5.32 Å². The topological polar surface area (TPSA) is 12.0 Å². The van der Waals surface area contributed by atoms with Crippen molar-refractivity contribution in [2.75, 3.05) is 6.54 Å². The van der Waals surface area contributed by atoms with Crippen molar-refractivity contribution >= 4 is 27.5 Å². The molecule has 0 amide bonds. The lowest BCUT2D eigenvalue weighted by atomic mass is 9.98. The third kappa shape index (κ3) is 3.60. The first-order valence-corrected chi connectivity index (χ1v) is 7.71. The molecule has 0 fully saturated rings. The Hall–Kier alpha value is -0.900. The highest BCUT2D eigenvalue weighted by molar-refractivity contribution is 9.10. The second kappa shape index (κ2) is 7.21. The minimum atomic E-state index is -0.376. The van der Waals surface area contributed by atoms with E-state index in [1.165, 1.54) is 11.6 Å². The molecule has 0 aliphatic rings. The fraction of sp³-hybridized carbons (Fsp3) is 0.250. The third-order valence-corrected chi connectivity index (χ3v) is 4.36. The van der Waals surface area contributed by atoms with E-state index in [1.54, 1.807) is 6.07 Å². The summed E-state index contributed by atoms with van der Waals surface area (Å²) in [5.41, 5.74) is 1.96. The molecule has 0 saturated carbocycles. The van der Waals surface area contributed by atoms with Gasteiger partial charge in [0, 0.05) is 10.5 Å². The van der Waals surface area contributed by atoms with E-state index in [4.69, 9.17) is 11.6 Å². The van der Waals surface area contributed by atoms with Gasteiger partial charge in [-0.1, -0.05) is 64.8 Å². The Morgan fingerprint density at radius 2 is 1.95 bits per heavy atom. The molecule has 0 aliphatic carbocycles. The molecule has 2 aromatic rings. The molecule has 20 heavy (non-hydrogen) atoms. The van der Waals surface area contributed by atoms with Gasteiger partial charge in [0.25, 0.3) is 0 Å². The van der Waals surface area contributed by atoms with Gasteiger partial charge in [0.15, 0.2) is 0 Å². The van der Waals surface area contributed by atoms with Crippen molar-refractivity contribution in [3.8, 4) is 0 Å². The predicted octanol–water partition coefficient (Wildman–Crippen LogP) is 5.13. The quantitative estimate of drug-likeness (QED) is 0.782. The molecule has 0 spiro atoms. The first kappa shape index (κ1) is 15.5. The molecule has 0 bridgehead atoms. The van der Waals surface area contributed by atoms with Crippen LogP contribution in [0.1, 0.15) is 24.1 Å². The third-order valence-electron chi connectivity index (χ3n) is 3.19. The fourth-order valence-corrected chi connectivity index (χ4v) is 2.92. The summed E-state index contributed by atoms with van der Waals surface area (Å²) >= 11 is 9.65. The maximum absolute atomic E-state index is 13.6. The zero-order valence-electron chi connectivity index (χ0n) is 11.2. The molecule has 0 aromatic heterocycles. The average molecular weight is 357 g/mol. The normalized spacial score (nSPS) is 12.4. The van der Waals surface area contributed by atoms with Gasteiger partial charge in [-0.2, -0.15) is 0 Å². The van der Waals surface area contributed by atoms with Gasteiger partial charge in [-0.15, -0.1) is 0 Å². The summed E-state index contributed by atoms with van der Waals surface area (Å²) in [6, 6.07) is 13.0. The van der Waals surface area contributed by atoms with E-state index in [2.05, 4.69) is 27.3 Å². The second-order valence-corrected chi connectivity index (χ2v) is 5.78. The van der Waals surface area contributed by atoms with Crippen molar-refractivity contribution in [1.82, 2.24) is 5.32 Å². The monoisotopic (exact) mass is 355 g/mol. The summed E-state index contributed by atoms with van der Waals surface area (Å²) in [6.07, 6.45) is 0.748. The van der Waals surface area contributed by atoms with E-state index >= 15 is 0 Å². The van der Waals surface area contributed by atoms with Crippen LogP contribution >= 0.6 is 27.5 Å². The Kier molecular flexibility index (Phi) is 5.58. The molecular formula is C16H16BrClFN. The lowest BCUT2D eigenvalue weighted by molar-refractivity contribution is 0.542. The highest BCUT2D eigenvalue weighted by Crippen LogP contribution is 2.29. The maximum atomic E-state index is 13.6. The Morgan fingerprint density at radius 1 is 1.20 bits per heavy atom. The zero-order valence-corrected chi connectivity index (χ0v) is 13.5. The lowest BCUT2D eigenvalue weighted by Crippen LogP contribution is -2.23. The highest BCUT2D eigenvalue weighted by atomic mass is 79.9. The van der Waals surface area contributed by atoms with Crippen molar-refractivity contribution in [3.05, 3.63) is 68.9 Å². The van der Waals surface area contributed by atoms with E-state index in [0.717, 1.165) is 23.0 Å². The van der Waals surface area contributed by atoms with Crippen LogP contribution in [0.3, 0.4) is 0 Å². The summed E-state index contributed by atoms with van der Waals surface area (Å²) in [5, 5.41) is 3.57. The van der Waals surface area contributed by atoms with Crippen LogP contribution in [0.15, 0.2) is 46.9 Å². The summed E-state index contributed by atoms with van der Waals surface area (Å²) in [7, 11) is 0. The molecule has 0 heterocycles. The van der Waals surface area contributed by atoms with Gasteiger partial charge in [0.05, 0.1) is 5.02 Å². The minimum Gasteiger partial charge on any atom is -0.310 e. The number of nitrogens with one attached hydrogen (secondary N) is 1. The van der Waals surface area contributed by atoms with Gasteiger partial charge in [-0.05, 0) is 36.2 Å². The smallest absolute Gasteiger partial charge is 0.142 e. The molecule has 1 unspecified atom stereocenters. The predicted molar refractivity (Wildman–Crippen MR) is 85.7 cm³/mol. The Morgan fingerprint density at radius 3 is 2.65 bits per heavy atom. The number of benzene rings is 2. The van der Waals surface area contributed by atoms with E-state index in [9.17, 15) is 4.39 Å². The maximum Gasteiger partial charge on any atom is 0.142 e. The summed E-state index contributed by atoms with van der Waals surface area (Å²) < 4.78 is 14.7. The summed E-state index contributed by atoms with van der Waals surface area (Å²) in [6.45, 7) is 2.82. The number of hydrogen-bond donors (Lipinski definition) is 1. The summed E-state index contributed by atoms with van der Waals surface area (Å²) in [5.74, 6) is -0.376. The van der Waals surface area contributed by atoms with Gasteiger partial charge in [0.1, 0.15) is 5.82 Å². The van der Waals surface area contributed by atoms with Crippen LogP contribution in [0.5, 0.6) is 0 Å². The highest BCUT2D eigenvalue weighted by Gasteiger charge is 2.17. The van der Waals surface area contributed by atoms with E-state index < -0.39 is 0 Å². The molecule has 1 atom stereocenters. The molecule has 0 aliphatic heterocycles. The zero-order chi connectivity index (χ0) is 14.5. The van der Waals surface area contributed by atoms with Gasteiger partial charge < -0.3 is 5.32 Å². The standard InChI is InChI=1S/C16H16BrClFN/c1-2-20-15(10-11-6-3-4-8-13(11)17)12-7-5-9-14(19)16(12)18/h3-9,15,20H,2,10H2,1H3. The largest absolute Gasteiger partial charge is 0.310 e. The van der Waals surface area contributed by atoms with Crippen LogP contribution in [0.4, 0.5) is 4.39 Å². The SMILES string of the molecule is CCNC(Cc1ccccc1Br)c1cccc(F)c1Cl. The van der Waals surface area contributed by atoms with Gasteiger partial charge in [-0.3, -0.25) is 0 Å². The van der Waals surface area contributed by atoms with Crippen LogP contribution in [0, 0.1) is 5.82 Å². The van der Waals surface area contributed by atoms with Crippen molar-refractivity contribution in [1.29, 1.82) is 0 Å². The molecular weight excluding hydrogens is 341 g/mol. The lowest BCUT2D eigenvalue weighted by Gasteiger charge is -2.20. The van der Waals surface area contributed by atoms with Crippen molar-refractivity contribution < 1.29 is 4.39 Å². The fourth-order valence-electron chi connectivity index (χ4n) is 2.21. The van der Waals surface area contributed by atoms with Crippen LogP contribution in [-0.4, -0.2) is 6.54 Å². The Balaban J connectivity index is 2.32. The van der Waals surface area contributed by atoms with E-state index in [-0.39, 0.29) is 16.9 Å². The van der Waals surface area contributed by atoms with Crippen LogP contribution in [0.2, 0.25) is 5.02 Å². The number of likely N-dealkylation sites (N-methyl/N-ethyl adjacent to an activating group) is 1. The van der Waals surface area contributed by atoms with Crippen molar-refractivity contribution in [2.45, 2.75) is 19.4 Å². The van der Waals surface area contributed by atoms with E-state index in [1.807, 2.05) is 31.2 Å². The molecule has 4 heteroatoms. The molecule has 1 N–H and O–H groups in total. The Labute approximate surface area is 132 Å². The second-order valence-electron chi connectivity index (χ2n) is 4.55. The van der Waals surface area contributed by atoms with Gasteiger partial charge in [-0.25, -0.2) is 4.39 Å². The minimum absolute atomic E-state index is 0.0121. The Bertz CT molecular complexity index is 588. The molecule has 0 saturated heterocycles. The van der Waals surface area contributed by atoms with Crippen molar-refractivity contribution in [3.63, 3.8) is 0 Å². The van der Waals surface area contributed by atoms with Gasteiger partial charge >= 0.3 is 0 Å². The average Bonchev–Trinajstić information content (AvgIpc) is 2.44. The first-order chi connectivity index (χ1) is 9.63. The molecule has 2 aromatic carbocycles. The number of halogens is 3. The molecule has 0 radical (unpaired) electrons.